The quantitative estimate of drug-likeness (QED) is 0.471. The van der Waals surface area contributed by atoms with Crippen LogP contribution in [-0.2, 0) is 17.9 Å². The van der Waals surface area contributed by atoms with Gasteiger partial charge in [-0.1, -0.05) is 42.5 Å². The first-order valence-corrected chi connectivity index (χ1v) is 11.0. The molecule has 0 radical (unpaired) electrons. The van der Waals surface area contributed by atoms with E-state index in [0.29, 0.717) is 12.1 Å². The van der Waals surface area contributed by atoms with E-state index in [4.69, 9.17) is 4.74 Å². The molecule has 1 unspecified atom stereocenters. The molecule has 4 rings (SSSR count). The van der Waals surface area contributed by atoms with Gasteiger partial charge in [0.25, 0.3) is 0 Å². The molecule has 1 fully saturated rings. The average Bonchev–Trinajstić information content (AvgIpc) is 3.27. The third-order valence-corrected chi connectivity index (χ3v) is 5.55. The second-order valence-electron chi connectivity index (χ2n) is 8.19. The number of ether oxygens (including phenoxy) is 2. The first-order valence-electron chi connectivity index (χ1n) is 11.0. The third-order valence-electron chi connectivity index (χ3n) is 5.55. The van der Waals surface area contributed by atoms with E-state index in [1.807, 2.05) is 54.6 Å². The third kappa shape index (κ3) is 6.99. The Balaban J connectivity index is 1.24. The number of hydrogen-bond acceptors (Lipinski definition) is 4. The lowest BCUT2D eigenvalue weighted by molar-refractivity contribution is -0.274. The van der Waals surface area contributed by atoms with Crippen LogP contribution in [0.4, 0.5) is 13.2 Å². The number of hydrogen-bond donors (Lipinski definition) is 1. The Hall–Kier alpha value is -3.52. The second kappa shape index (κ2) is 10.6. The number of nitrogens with zero attached hydrogens (tertiary/aromatic N) is 1. The summed E-state index contributed by atoms with van der Waals surface area (Å²) in [7, 11) is 0. The van der Waals surface area contributed by atoms with Gasteiger partial charge in [0.15, 0.2) is 0 Å². The van der Waals surface area contributed by atoms with E-state index in [0.717, 1.165) is 36.6 Å². The molecule has 5 nitrogen and oxygen atoms in total. The lowest BCUT2D eigenvalue weighted by Gasteiger charge is -2.17. The summed E-state index contributed by atoms with van der Waals surface area (Å²) in [5.74, 6) is 1.08. The zero-order valence-corrected chi connectivity index (χ0v) is 18.4. The van der Waals surface area contributed by atoms with Gasteiger partial charge in [0, 0.05) is 19.6 Å². The summed E-state index contributed by atoms with van der Waals surface area (Å²) in [6.07, 6.45) is -3.97. The predicted octanol–water partition coefficient (Wildman–Crippen LogP) is 5.52. The maximum absolute atomic E-state index is 12.6. The van der Waals surface area contributed by atoms with Gasteiger partial charge in [-0.25, -0.2) is 0 Å². The maximum atomic E-state index is 12.6. The minimum Gasteiger partial charge on any atom is -0.457 e. The highest BCUT2D eigenvalue weighted by Crippen LogP contribution is 2.25. The van der Waals surface area contributed by atoms with E-state index in [9.17, 15) is 18.0 Å². The van der Waals surface area contributed by atoms with Crippen molar-refractivity contribution in [2.45, 2.75) is 25.9 Å². The van der Waals surface area contributed by atoms with Crippen LogP contribution >= 0.6 is 0 Å². The van der Waals surface area contributed by atoms with Crippen molar-refractivity contribution < 1.29 is 27.4 Å². The van der Waals surface area contributed by atoms with Crippen LogP contribution in [-0.4, -0.2) is 30.3 Å². The second-order valence-corrected chi connectivity index (χ2v) is 8.19. The number of benzene rings is 3. The van der Waals surface area contributed by atoms with Crippen molar-refractivity contribution in [3.63, 3.8) is 0 Å². The van der Waals surface area contributed by atoms with Crippen molar-refractivity contribution >= 4 is 5.91 Å². The number of rotatable bonds is 8. The van der Waals surface area contributed by atoms with Gasteiger partial charge < -0.3 is 14.8 Å². The molecule has 178 valence electrons. The number of para-hydroxylation sites is 1. The Morgan fingerprint density at radius 3 is 2.38 bits per heavy atom. The van der Waals surface area contributed by atoms with E-state index >= 15 is 0 Å². The Morgan fingerprint density at radius 2 is 1.65 bits per heavy atom. The monoisotopic (exact) mass is 470 g/mol. The zero-order valence-electron chi connectivity index (χ0n) is 18.4. The van der Waals surface area contributed by atoms with Crippen LogP contribution in [0.3, 0.4) is 0 Å². The number of amides is 1. The Labute approximate surface area is 196 Å². The minimum absolute atomic E-state index is 0.0562. The first-order chi connectivity index (χ1) is 16.3. The van der Waals surface area contributed by atoms with Gasteiger partial charge in [0.05, 0.1) is 5.92 Å². The molecule has 8 heteroatoms. The normalized spacial score (nSPS) is 16.3. The van der Waals surface area contributed by atoms with Crippen LogP contribution in [0.2, 0.25) is 0 Å². The Morgan fingerprint density at radius 1 is 0.912 bits per heavy atom. The highest BCUT2D eigenvalue weighted by atomic mass is 19.4. The smallest absolute Gasteiger partial charge is 0.457 e. The van der Waals surface area contributed by atoms with Crippen molar-refractivity contribution in [2.24, 2.45) is 5.92 Å². The van der Waals surface area contributed by atoms with Gasteiger partial charge in [-0.3, -0.25) is 9.69 Å². The van der Waals surface area contributed by atoms with E-state index in [2.05, 4.69) is 15.0 Å². The molecule has 1 saturated heterocycles. The van der Waals surface area contributed by atoms with Gasteiger partial charge >= 0.3 is 6.36 Å². The van der Waals surface area contributed by atoms with Crippen LogP contribution < -0.4 is 14.8 Å². The largest absolute Gasteiger partial charge is 0.573 e. The molecule has 0 spiro atoms. The minimum atomic E-state index is -4.72. The molecule has 1 atom stereocenters. The standard InChI is InChI=1S/C26H25F3N2O3/c27-26(28,29)34-23-11-9-19(10-12-23)16-30-25(32)21-13-14-31(18-21)17-20-5-4-8-24(15-20)33-22-6-2-1-3-7-22/h1-12,15,21H,13-14,16-18H2,(H,30,32). The van der Waals surface area contributed by atoms with Crippen molar-refractivity contribution in [2.75, 3.05) is 13.1 Å². The fourth-order valence-corrected chi connectivity index (χ4v) is 3.92. The molecule has 0 aromatic heterocycles. The molecule has 1 heterocycles. The highest BCUT2D eigenvalue weighted by Gasteiger charge is 2.31. The lowest BCUT2D eigenvalue weighted by Crippen LogP contribution is -2.32. The first kappa shape index (κ1) is 23.6. The van der Waals surface area contributed by atoms with Gasteiger partial charge in [0.2, 0.25) is 5.91 Å². The zero-order chi connectivity index (χ0) is 24.0. The van der Waals surface area contributed by atoms with Crippen molar-refractivity contribution in [3.8, 4) is 17.2 Å². The molecule has 0 saturated carbocycles. The molecular weight excluding hydrogens is 445 g/mol. The Kier molecular flexibility index (Phi) is 7.37. The van der Waals surface area contributed by atoms with E-state index in [1.54, 1.807) is 0 Å². The fraction of sp³-hybridized carbons (Fsp3) is 0.269. The summed E-state index contributed by atoms with van der Waals surface area (Å²) >= 11 is 0. The van der Waals surface area contributed by atoms with Crippen LogP contribution in [0.15, 0.2) is 78.9 Å². The molecule has 0 aliphatic carbocycles. The van der Waals surface area contributed by atoms with E-state index in [1.165, 1.54) is 24.3 Å². The average molecular weight is 470 g/mol. The van der Waals surface area contributed by atoms with Crippen molar-refractivity contribution in [3.05, 3.63) is 90.0 Å². The SMILES string of the molecule is O=C(NCc1ccc(OC(F)(F)F)cc1)C1CCN(Cc2cccc(Oc3ccccc3)c2)C1. The van der Waals surface area contributed by atoms with E-state index < -0.39 is 6.36 Å². The van der Waals surface area contributed by atoms with Gasteiger partial charge in [-0.05, 0) is 60.5 Å². The van der Waals surface area contributed by atoms with Crippen LogP contribution in [0.1, 0.15) is 17.5 Å². The summed E-state index contributed by atoms with van der Waals surface area (Å²) < 4.78 is 46.5. The maximum Gasteiger partial charge on any atom is 0.573 e. The fourth-order valence-electron chi connectivity index (χ4n) is 3.92. The van der Waals surface area contributed by atoms with Gasteiger partial charge in [-0.15, -0.1) is 13.2 Å². The van der Waals surface area contributed by atoms with Crippen LogP contribution in [0.25, 0.3) is 0 Å². The topological polar surface area (TPSA) is 50.8 Å². The highest BCUT2D eigenvalue weighted by molar-refractivity contribution is 5.79. The molecule has 1 aliphatic rings. The number of halogens is 3. The Bertz CT molecular complexity index is 1090. The molecule has 3 aromatic rings. The molecule has 3 aromatic carbocycles. The molecule has 34 heavy (non-hydrogen) atoms. The molecule has 1 N–H and O–H groups in total. The summed E-state index contributed by atoms with van der Waals surface area (Å²) in [5, 5.41) is 2.88. The van der Waals surface area contributed by atoms with Crippen LogP contribution in [0.5, 0.6) is 17.2 Å². The molecule has 1 aliphatic heterocycles. The van der Waals surface area contributed by atoms with Crippen molar-refractivity contribution in [1.29, 1.82) is 0 Å². The predicted molar refractivity (Wildman–Crippen MR) is 121 cm³/mol. The van der Waals surface area contributed by atoms with Crippen LogP contribution in [0, 0.1) is 5.92 Å². The summed E-state index contributed by atoms with van der Waals surface area (Å²) in [6.45, 7) is 2.43. The van der Waals surface area contributed by atoms with Gasteiger partial charge in [0.1, 0.15) is 17.2 Å². The lowest BCUT2D eigenvalue weighted by atomic mass is 10.1. The number of likely N-dealkylation sites (tertiary alicyclic amines) is 1. The summed E-state index contributed by atoms with van der Waals surface area (Å²) in [4.78, 5) is 14.8. The number of alkyl halides is 3. The molecular formula is C26H25F3N2O3. The number of carbonyl (C=O) groups excluding carboxylic acids is 1. The van der Waals surface area contributed by atoms with E-state index in [-0.39, 0.29) is 24.1 Å². The number of carbonyl (C=O) groups is 1. The molecule has 0 bridgehead atoms. The number of nitrogens with one attached hydrogen (secondary N) is 1. The van der Waals surface area contributed by atoms with Crippen molar-refractivity contribution in [1.82, 2.24) is 10.2 Å². The van der Waals surface area contributed by atoms with Gasteiger partial charge in [-0.2, -0.15) is 0 Å². The summed E-state index contributed by atoms with van der Waals surface area (Å²) in [6, 6.07) is 23.0. The molecule has 1 amide bonds. The summed E-state index contributed by atoms with van der Waals surface area (Å²) in [5.41, 5.74) is 1.81.